The lowest BCUT2D eigenvalue weighted by atomic mass is 10.0. The predicted octanol–water partition coefficient (Wildman–Crippen LogP) is 4.89. The van der Waals surface area contributed by atoms with Crippen LogP contribution in [0.25, 0.3) is 11.3 Å². The topological polar surface area (TPSA) is 63.3 Å². The normalized spacial score (nSPS) is 26.7. The number of alkyl halides is 1. The number of carboxylic acids is 1. The van der Waals surface area contributed by atoms with Crippen LogP contribution in [0.4, 0.5) is 4.39 Å². The van der Waals surface area contributed by atoms with Gasteiger partial charge in [0.25, 0.3) is 0 Å². The minimum absolute atomic E-state index is 0.443. The number of aliphatic carboxylic acids is 1. The van der Waals surface area contributed by atoms with Crippen molar-refractivity contribution in [2.45, 2.75) is 36.3 Å². The Morgan fingerprint density at radius 3 is 2.26 bits per heavy atom. The summed E-state index contributed by atoms with van der Waals surface area (Å²) in [6, 6.07) is 16.3. The molecule has 0 spiro atoms. The van der Waals surface area contributed by atoms with Gasteiger partial charge in [0.1, 0.15) is 0 Å². The van der Waals surface area contributed by atoms with E-state index in [1.807, 2.05) is 18.2 Å². The number of halogens is 1. The Balaban J connectivity index is 1.44. The van der Waals surface area contributed by atoms with E-state index in [1.54, 1.807) is 42.6 Å². The predicted molar refractivity (Wildman–Crippen MR) is 97.3 cm³/mol. The van der Waals surface area contributed by atoms with E-state index in [9.17, 15) is 9.90 Å². The van der Waals surface area contributed by atoms with Gasteiger partial charge in [0.05, 0.1) is 6.20 Å². The van der Waals surface area contributed by atoms with Gasteiger partial charge in [-0.15, -0.1) is 0 Å². The molecule has 5 rings (SSSR count). The van der Waals surface area contributed by atoms with Crippen LogP contribution >= 0.6 is 0 Å². The van der Waals surface area contributed by atoms with E-state index in [0.717, 1.165) is 24.3 Å². The number of hydrogen-bond donors (Lipinski definition) is 1. The van der Waals surface area contributed by atoms with Crippen molar-refractivity contribution in [3.8, 4) is 11.3 Å². The van der Waals surface area contributed by atoms with Crippen LogP contribution in [0.5, 0.6) is 0 Å². The highest BCUT2D eigenvalue weighted by Crippen LogP contribution is 2.66. The van der Waals surface area contributed by atoms with Crippen LogP contribution in [0.2, 0.25) is 0 Å². The lowest BCUT2D eigenvalue weighted by Crippen LogP contribution is -2.19. The number of oxazole rings is 1. The van der Waals surface area contributed by atoms with Gasteiger partial charge >= 0.3 is 5.97 Å². The molecule has 2 saturated carbocycles. The largest absolute Gasteiger partial charge is 0.479 e. The number of carboxylic acid groups (broad SMARTS) is 1. The molecule has 2 aliphatic rings. The molecular formula is C22H18FNO3. The van der Waals surface area contributed by atoms with Crippen molar-refractivity contribution in [3.05, 3.63) is 77.8 Å². The Hall–Kier alpha value is -2.95. The van der Waals surface area contributed by atoms with Crippen LogP contribution in [-0.4, -0.2) is 21.7 Å². The fourth-order valence-corrected chi connectivity index (χ4v) is 3.95. The molecule has 0 bridgehead atoms. The van der Waals surface area contributed by atoms with Crippen LogP contribution in [0.1, 0.15) is 47.6 Å². The van der Waals surface area contributed by atoms with Crippen molar-refractivity contribution in [1.82, 2.24) is 4.98 Å². The Labute approximate surface area is 155 Å². The van der Waals surface area contributed by atoms with Gasteiger partial charge in [-0.2, -0.15) is 0 Å². The zero-order chi connectivity index (χ0) is 18.6. The highest BCUT2D eigenvalue weighted by atomic mass is 19.1. The Morgan fingerprint density at radius 2 is 1.67 bits per heavy atom. The van der Waals surface area contributed by atoms with Crippen molar-refractivity contribution >= 4 is 5.97 Å². The number of carbonyl (C=O) groups is 1. The van der Waals surface area contributed by atoms with Crippen molar-refractivity contribution in [3.63, 3.8) is 0 Å². The van der Waals surface area contributed by atoms with Crippen molar-refractivity contribution in [2.75, 3.05) is 0 Å². The molecule has 27 heavy (non-hydrogen) atoms. The van der Waals surface area contributed by atoms with E-state index in [0.29, 0.717) is 22.8 Å². The standard InChI is InChI=1S/C22H18FNO3/c23-22(21(25)26)18(14-4-2-1-3-5-14)19(22)15-8-6-13(7-9-15)17-12-24-20(27-17)16-10-11-16/h1-9,12,16,18-19H,10-11H2,(H,25,26). The lowest BCUT2D eigenvalue weighted by molar-refractivity contribution is -0.145. The molecule has 1 heterocycles. The van der Waals surface area contributed by atoms with Gasteiger partial charge in [-0.1, -0.05) is 54.6 Å². The fraction of sp³-hybridized carbons (Fsp3) is 0.273. The average molecular weight is 363 g/mol. The molecule has 0 aliphatic heterocycles. The van der Waals surface area contributed by atoms with E-state index >= 15 is 4.39 Å². The van der Waals surface area contributed by atoms with Gasteiger partial charge in [-0.3, -0.25) is 0 Å². The van der Waals surface area contributed by atoms with Crippen LogP contribution in [0.3, 0.4) is 0 Å². The molecule has 2 fully saturated rings. The summed E-state index contributed by atoms with van der Waals surface area (Å²) in [5.74, 6) is -0.872. The molecule has 0 saturated heterocycles. The maximum atomic E-state index is 15.2. The van der Waals surface area contributed by atoms with Gasteiger partial charge in [0.15, 0.2) is 11.7 Å². The third kappa shape index (κ3) is 2.57. The van der Waals surface area contributed by atoms with E-state index in [4.69, 9.17) is 4.42 Å². The molecule has 1 aromatic heterocycles. The van der Waals surface area contributed by atoms with E-state index in [-0.39, 0.29) is 0 Å². The van der Waals surface area contributed by atoms with Crippen LogP contribution in [0, 0.1) is 0 Å². The Morgan fingerprint density at radius 1 is 1.04 bits per heavy atom. The third-order valence-electron chi connectivity index (χ3n) is 5.62. The van der Waals surface area contributed by atoms with E-state index in [2.05, 4.69) is 4.98 Å². The first-order chi connectivity index (χ1) is 13.1. The molecule has 3 atom stereocenters. The smallest absolute Gasteiger partial charge is 0.342 e. The fourth-order valence-electron chi connectivity index (χ4n) is 3.95. The number of nitrogens with zero attached hydrogens (tertiary/aromatic N) is 1. The first kappa shape index (κ1) is 16.2. The van der Waals surface area contributed by atoms with Crippen LogP contribution < -0.4 is 0 Å². The maximum absolute atomic E-state index is 15.2. The summed E-state index contributed by atoms with van der Waals surface area (Å²) in [5.41, 5.74) is -0.0242. The maximum Gasteiger partial charge on any atom is 0.342 e. The molecule has 4 nitrogen and oxygen atoms in total. The summed E-state index contributed by atoms with van der Waals surface area (Å²) >= 11 is 0. The number of rotatable bonds is 5. The second-order valence-electron chi connectivity index (χ2n) is 7.40. The molecule has 2 aliphatic carbocycles. The zero-order valence-corrected chi connectivity index (χ0v) is 14.5. The molecule has 0 amide bonds. The summed E-state index contributed by atoms with van der Waals surface area (Å²) in [7, 11) is 0. The first-order valence-electron chi connectivity index (χ1n) is 9.12. The lowest BCUT2D eigenvalue weighted by Gasteiger charge is -2.03. The summed E-state index contributed by atoms with van der Waals surface area (Å²) in [6.07, 6.45) is 3.95. The SMILES string of the molecule is O=C(O)C1(F)C(c2ccccc2)C1c1ccc(-c2cnc(C3CC3)o2)cc1. The summed E-state index contributed by atoms with van der Waals surface area (Å²) < 4.78 is 21.0. The van der Waals surface area contributed by atoms with Crippen molar-refractivity contribution in [2.24, 2.45) is 0 Å². The Kier molecular flexibility index (Phi) is 3.47. The van der Waals surface area contributed by atoms with Crippen molar-refractivity contribution in [1.29, 1.82) is 0 Å². The quantitative estimate of drug-likeness (QED) is 0.701. The molecule has 5 heteroatoms. The molecule has 3 unspecified atom stereocenters. The number of hydrogen-bond acceptors (Lipinski definition) is 3. The molecule has 3 aromatic rings. The summed E-state index contributed by atoms with van der Waals surface area (Å²) in [5, 5.41) is 9.47. The van der Waals surface area contributed by atoms with Crippen LogP contribution in [-0.2, 0) is 4.79 Å². The molecule has 2 aromatic carbocycles. The highest BCUT2D eigenvalue weighted by Gasteiger charge is 2.72. The number of benzene rings is 2. The zero-order valence-electron chi connectivity index (χ0n) is 14.5. The second kappa shape index (κ2) is 5.78. The van der Waals surface area contributed by atoms with Crippen LogP contribution in [0.15, 0.2) is 65.2 Å². The summed E-state index contributed by atoms with van der Waals surface area (Å²) in [6.45, 7) is 0. The van der Waals surface area contributed by atoms with Crippen molar-refractivity contribution < 1.29 is 18.7 Å². The highest BCUT2D eigenvalue weighted by molar-refractivity contribution is 5.87. The Bertz CT molecular complexity index is 994. The van der Waals surface area contributed by atoms with E-state index in [1.165, 1.54) is 0 Å². The first-order valence-corrected chi connectivity index (χ1v) is 9.12. The van der Waals surface area contributed by atoms with E-state index < -0.39 is 23.5 Å². The van der Waals surface area contributed by atoms with Gasteiger partial charge in [0, 0.05) is 23.3 Å². The summed E-state index contributed by atoms with van der Waals surface area (Å²) in [4.78, 5) is 15.9. The third-order valence-corrected chi connectivity index (χ3v) is 5.62. The minimum Gasteiger partial charge on any atom is -0.479 e. The second-order valence-corrected chi connectivity index (χ2v) is 7.40. The molecule has 1 N–H and O–H groups in total. The molecular weight excluding hydrogens is 345 g/mol. The molecule has 136 valence electrons. The van der Waals surface area contributed by atoms with Gasteiger partial charge in [-0.05, 0) is 24.0 Å². The minimum atomic E-state index is -2.27. The monoisotopic (exact) mass is 363 g/mol. The molecule has 0 radical (unpaired) electrons. The van der Waals surface area contributed by atoms with Gasteiger partial charge in [0.2, 0.25) is 5.67 Å². The van der Waals surface area contributed by atoms with Gasteiger partial charge < -0.3 is 9.52 Å². The van der Waals surface area contributed by atoms with Gasteiger partial charge in [-0.25, -0.2) is 14.2 Å². The average Bonchev–Trinajstić information content (AvgIpc) is 3.59. The number of aromatic nitrogens is 1.